The van der Waals surface area contributed by atoms with Crippen molar-refractivity contribution in [1.29, 1.82) is 0 Å². The second-order valence-corrected chi connectivity index (χ2v) is 12.9. The molecule has 0 fully saturated rings. The molecule has 0 radical (unpaired) electrons. The van der Waals surface area contributed by atoms with Gasteiger partial charge in [0.1, 0.15) is 6.61 Å². The van der Waals surface area contributed by atoms with Gasteiger partial charge in [-0.1, -0.05) is 13.8 Å². The van der Waals surface area contributed by atoms with Gasteiger partial charge < -0.3 is 42.8 Å². The van der Waals surface area contributed by atoms with Crippen LogP contribution in [0, 0.1) is 0 Å². The van der Waals surface area contributed by atoms with Crippen LogP contribution in [-0.2, 0) is 22.4 Å². The number of carbonyl (C=O) groups excluding carboxylic acids is 1. The minimum Gasteiger partial charge on any atom is -0.493 e. The van der Waals surface area contributed by atoms with E-state index in [9.17, 15) is 4.79 Å². The summed E-state index contributed by atoms with van der Waals surface area (Å²) >= 11 is 0. The van der Waals surface area contributed by atoms with Crippen LogP contribution in [0.5, 0.6) is 40.2 Å². The van der Waals surface area contributed by atoms with Crippen molar-refractivity contribution in [3.63, 3.8) is 0 Å². The van der Waals surface area contributed by atoms with Crippen LogP contribution in [0.3, 0.4) is 0 Å². The number of likely N-dealkylation sites (N-methyl/N-ethyl adjacent to an activating group) is 1. The van der Waals surface area contributed by atoms with E-state index in [1.54, 1.807) is 49.8 Å². The number of fused-ring (bicyclic) bond motifs is 4. The lowest BCUT2D eigenvalue weighted by molar-refractivity contribution is -0.146. The van der Waals surface area contributed by atoms with Crippen LogP contribution in [0.15, 0.2) is 36.4 Å². The molecular formula is C39H52N2O9. The Morgan fingerprint density at radius 1 is 0.740 bits per heavy atom. The number of nitrogens with zero attached hydrogens (tertiary/aromatic N) is 2. The molecule has 0 aliphatic carbocycles. The summed E-state index contributed by atoms with van der Waals surface area (Å²) in [7, 11) is 13.5. The lowest BCUT2D eigenvalue weighted by Gasteiger charge is -2.44. The monoisotopic (exact) mass is 692 g/mol. The zero-order chi connectivity index (χ0) is 36.1. The first-order chi connectivity index (χ1) is 24.1. The van der Waals surface area contributed by atoms with E-state index in [0.29, 0.717) is 40.2 Å². The standard InChI is InChI=1S/C39H52N2O9/c1-11-40(3)27-13-25-17-32(43-4)34(45-6)19-28(25)30-14-26-18-33(44-5)35(46-7)20-29(26)31(41(30)21-27)22-50-38(42)12-23(2)24-15-36(47-8)39(49-10)37(16-24)48-9/h15-20,23,27,30-31H,11-14,21-22H2,1-10H3. The van der Waals surface area contributed by atoms with Crippen molar-refractivity contribution in [3.8, 4) is 40.2 Å². The lowest BCUT2D eigenvalue weighted by Crippen LogP contribution is -2.47. The summed E-state index contributed by atoms with van der Waals surface area (Å²) in [4.78, 5) is 18.5. The fourth-order valence-electron chi connectivity index (χ4n) is 7.40. The van der Waals surface area contributed by atoms with E-state index in [1.165, 1.54) is 11.1 Å². The smallest absolute Gasteiger partial charge is 0.306 e. The molecule has 2 heterocycles. The highest BCUT2D eigenvalue weighted by Crippen LogP contribution is 2.48. The number of carbonyl (C=O) groups is 1. The topological polar surface area (TPSA) is 97.4 Å². The lowest BCUT2D eigenvalue weighted by atomic mass is 9.84. The Bertz CT molecular complexity index is 1640. The highest BCUT2D eigenvalue weighted by atomic mass is 16.5. The van der Waals surface area contributed by atoms with Gasteiger partial charge in [0.2, 0.25) is 5.75 Å². The molecule has 0 saturated carbocycles. The molecule has 11 heteroatoms. The van der Waals surface area contributed by atoms with Gasteiger partial charge in [-0.15, -0.1) is 0 Å². The summed E-state index contributed by atoms with van der Waals surface area (Å²) in [5, 5.41) is 0. The summed E-state index contributed by atoms with van der Waals surface area (Å²) in [6, 6.07) is 12.1. The van der Waals surface area contributed by atoms with Gasteiger partial charge in [0.15, 0.2) is 34.5 Å². The molecule has 272 valence electrons. The Morgan fingerprint density at radius 3 is 1.78 bits per heavy atom. The summed E-state index contributed by atoms with van der Waals surface area (Å²) in [6.07, 6.45) is 1.76. The Balaban J connectivity index is 1.51. The number of hydrogen-bond donors (Lipinski definition) is 0. The van der Waals surface area contributed by atoms with Gasteiger partial charge in [-0.05, 0) is 96.6 Å². The van der Waals surface area contributed by atoms with E-state index in [4.69, 9.17) is 37.9 Å². The van der Waals surface area contributed by atoms with Crippen LogP contribution in [0.4, 0.5) is 0 Å². The third kappa shape index (κ3) is 7.25. The maximum absolute atomic E-state index is 13.6. The summed E-state index contributed by atoms with van der Waals surface area (Å²) in [5.74, 6) is 3.84. The third-order valence-corrected chi connectivity index (χ3v) is 10.4. The van der Waals surface area contributed by atoms with Gasteiger partial charge in [0.25, 0.3) is 0 Å². The predicted molar refractivity (Wildman–Crippen MR) is 191 cm³/mol. The van der Waals surface area contributed by atoms with E-state index in [0.717, 1.165) is 42.6 Å². The number of methoxy groups -OCH3 is 7. The van der Waals surface area contributed by atoms with Crippen molar-refractivity contribution in [2.75, 3.05) is 76.5 Å². The average molecular weight is 693 g/mol. The van der Waals surface area contributed by atoms with Gasteiger partial charge in [-0.3, -0.25) is 9.69 Å². The number of rotatable bonds is 14. The first kappa shape index (κ1) is 36.9. The fourth-order valence-corrected chi connectivity index (χ4v) is 7.40. The molecule has 5 rings (SSSR count). The van der Waals surface area contributed by atoms with E-state index >= 15 is 0 Å². The van der Waals surface area contributed by atoms with Gasteiger partial charge in [-0.25, -0.2) is 0 Å². The Labute approximate surface area is 296 Å². The zero-order valence-corrected chi connectivity index (χ0v) is 31.1. The molecule has 0 amide bonds. The van der Waals surface area contributed by atoms with Crippen LogP contribution < -0.4 is 33.2 Å². The van der Waals surface area contributed by atoms with E-state index < -0.39 is 0 Å². The maximum Gasteiger partial charge on any atom is 0.306 e. The largest absolute Gasteiger partial charge is 0.493 e. The fraction of sp³-hybridized carbons (Fsp3) is 0.513. The van der Waals surface area contributed by atoms with Gasteiger partial charge in [0, 0.05) is 18.6 Å². The summed E-state index contributed by atoms with van der Waals surface area (Å²) < 4.78 is 45.8. The SMILES string of the molecule is CCN(C)C1Cc2cc(OC)c(OC)cc2C2Cc3cc(OC)c(OC)cc3C(COC(=O)CC(C)c3cc(OC)c(OC)c(OC)c3)N2C1. The maximum atomic E-state index is 13.6. The molecule has 0 bridgehead atoms. The third-order valence-electron chi connectivity index (χ3n) is 10.4. The predicted octanol–water partition coefficient (Wildman–Crippen LogP) is 6.00. The minimum absolute atomic E-state index is 0.00693. The molecule has 0 N–H and O–H groups in total. The van der Waals surface area contributed by atoms with Crippen LogP contribution in [0.2, 0.25) is 0 Å². The second kappa shape index (κ2) is 16.1. The van der Waals surface area contributed by atoms with E-state index in [1.807, 2.05) is 25.1 Å². The first-order valence-corrected chi connectivity index (χ1v) is 17.1. The molecule has 3 aromatic carbocycles. The Kier molecular flexibility index (Phi) is 11.9. The van der Waals surface area contributed by atoms with Crippen molar-refractivity contribution in [1.82, 2.24) is 9.80 Å². The van der Waals surface area contributed by atoms with Crippen molar-refractivity contribution in [2.24, 2.45) is 0 Å². The zero-order valence-electron chi connectivity index (χ0n) is 31.1. The molecular weight excluding hydrogens is 640 g/mol. The molecule has 0 spiro atoms. The number of ether oxygens (including phenoxy) is 8. The van der Waals surface area contributed by atoms with Crippen LogP contribution >= 0.6 is 0 Å². The minimum atomic E-state index is -0.292. The van der Waals surface area contributed by atoms with Crippen molar-refractivity contribution >= 4 is 5.97 Å². The molecule has 0 saturated heterocycles. The molecule has 2 aliphatic rings. The van der Waals surface area contributed by atoms with Crippen LogP contribution in [0.25, 0.3) is 0 Å². The van der Waals surface area contributed by atoms with E-state index in [-0.39, 0.29) is 43.0 Å². The molecule has 2 aliphatic heterocycles. The normalized spacial score (nSPS) is 18.9. The number of esters is 1. The van der Waals surface area contributed by atoms with Crippen molar-refractivity contribution in [3.05, 3.63) is 64.2 Å². The summed E-state index contributed by atoms with van der Waals surface area (Å²) in [5.41, 5.74) is 5.47. The van der Waals surface area contributed by atoms with Crippen LogP contribution in [-0.4, -0.2) is 98.3 Å². The van der Waals surface area contributed by atoms with Crippen molar-refractivity contribution in [2.45, 2.75) is 57.2 Å². The highest BCUT2D eigenvalue weighted by molar-refractivity contribution is 5.71. The Morgan fingerprint density at radius 2 is 1.26 bits per heavy atom. The highest BCUT2D eigenvalue weighted by Gasteiger charge is 2.42. The molecule has 3 aromatic rings. The first-order valence-electron chi connectivity index (χ1n) is 17.1. The quantitative estimate of drug-likeness (QED) is 0.186. The number of benzene rings is 3. The van der Waals surface area contributed by atoms with Crippen LogP contribution in [0.1, 0.15) is 66.1 Å². The molecule has 4 unspecified atom stereocenters. The molecule has 0 aromatic heterocycles. The molecule has 11 nitrogen and oxygen atoms in total. The second-order valence-electron chi connectivity index (χ2n) is 12.9. The van der Waals surface area contributed by atoms with E-state index in [2.05, 4.69) is 42.0 Å². The molecule has 4 atom stereocenters. The average Bonchev–Trinajstić information content (AvgIpc) is 3.30. The Hall–Kier alpha value is -4.35. The van der Waals surface area contributed by atoms with Gasteiger partial charge in [-0.2, -0.15) is 0 Å². The van der Waals surface area contributed by atoms with Crippen molar-refractivity contribution < 1.29 is 42.7 Å². The van der Waals surface area contributed by atoms with Gasteiger partial charge >= 0.3 is 5.97 Å². The molecule has 50 heavy (non-hydrogen) atoms. The summed E-state index contributed by atoms with van der Waals surface area (Å²) in [6.45, 7) is 6.00. The number of hydrogen-bond acceptors (Lipinski definition) is 11. The van der Waals surface area contributed by atoms with Gasteiger partial charge in [0.05, 0.1) is 62.2 Å².